The summed E-state index contributed by atoms with van der Waals surface area (Å²) in [5, 5.41) is -0.326. The van der Waals surface area contributed by atoms with Gasteiger partial charge in [0.15, 0.2) is 0 Å². The first-order chi connectivity index (χ1) is 7.55. The number of nitrogens with one attached hydrogen (secondary N) is 1. The molecule has 0 aliphatic carbocycles. The zero-order valence-electron chi connectivity index (χ0n) is 9.19. The summed E-state index contributed by atoms with van der Waals surface area (Å²) in [6.45, 7) is 2.06. The van der Waals surface area contributed by atoms with E-state index in [1.54, 1.807) is 0 Å². The molecule has 1 N–H and O–H groups in total. The SMILES string of the molecule is CCCS(=O)(=O)NCC(Cl)c1ccccc1. The van der Waals surface area contributed by atoms with E-state index in [2.05, 4.69) is 4.72 Å². The molecule has 0 saturated heterocycles. The zero-order valence-corrected chi connectivity index (χ0v) is 10.8. The van der Waals surface area contributed by atoms with E-state index in [1.807, 2.05) is 37.3 Å². The Labute approximate surface area is 102 Å². The second-order valence-corrected chi connectivity index (χ2v) is 6.00. The van der Waals surface area contributed by atoms with Crippen LogP contribution in [0.2, 0.25) is 0 Å². The van der Waals surface area contributed by atoms with Gasteiger partial charge in [0, 0.05) is 6.54 Å². The molecule has 0 aliphatic heterocycles. The first kappa shape index (κ1) is 13.5. The summed E-state index contributed by atoms with van der Waals surface area (Å²) >= 11 is 6.09. The number of halogens is 1. The summed E-state index contributed by atoms with van der Waals surface area (Å²) < 4.78 is 25.3. The van der Waals surface area contributed by atoms with E-state index in [0.29, 0.717) is 6.42 Å². The molecule has 0 radical (unpaired) electrons. The lowest BCUT2D eigenvalue weighted by Gasteiger charge is -2.11. The second-order valence-electron chi connectivity index (χ2n) is 3.55. The standard InChI is InChI=1S/C11H16ClNO2S/c1-2-8-16(14,15)13-9-11(12)10-6-4-3-5-7-10/h3-7,11,13H,2,8-9H2,1H3. The van der Waals surface area contributed by atoms with Gasteiger partial charge in [0.1, 0.15) is 0 Å². The van der Waals surface area contributed by atoms with Crippen LogP contribution in [0.3, 0.4) is 0 Å². The van der Waals surface area contributed by atoms with Crippen molar-refractivity contribution in [2.75, 3.05) is 12.3 Å². The molecular weight excluding hydrogens is 246 g/mol. The molecule has 5 heteroatoms. The number of hydrogen-bond acceptors (Lipinski definition) is 2. The summed E-state index contributed by atoms with van der Waals surface area (Å²) in [6, 6.07) is 9.42. The molecule has 1 aromatic carbocycles. The summed E-state index contributed by atoms with van der Waals surface area (Å²) in [6.07, 6.45) is 0.605. The van der Waals surface area contributed by atoms with Crippen molar-refractivity contribution in [1.29, 1.82) is 0 Å². The summed E-state index contributed by atoms with van der Waals surface area (Å²) in [5.41, 5.74) is 0.920. The maximum atomic E-state index is 11.4. The van der Waals surface area contributed by atoms with E-state index in [-0.39, 0.29) is 17.7 Å². The highest BCUT2D eigenvalue weighted by Gasteiger charge is 2.12. The fourth-order valence-corrected chi connectivity index (χ4v) is 2.74. The number of sulfonamides is 1. The van der Waals surface area contributed by atoms with Crippen LogP contribution < -0.4 is 4.72 Å². The molecule has 0 saturated carbocycles. The third-order valence-electron chi connectivity index (χ3n) is 2.12. The summed E-state index contributed by atoms with van der Waals surface area (Å²) in [7, 11) is -3.17. The van der Waals surface area contributed by atoms with Crippen molar-refractivity contribution < 1.29 is 8.42 Å². The Hall–Kier alpha value is -0.580. The third-order valence-corrected chi connectivity index (χ3v) is 4.08. The quantitative estimate of drug-likeness (QED) is 0.799. The van der Waals surface area contributed by atoms with Crippen LogP contribution in [0.1, 0.15) is 24.3 Å². The molecule has 1 aromatic rings. The molecule has 3 nitrogen and oxygen atoms in total. The van der Waals surface area contributed by atoms with Gasteiger partial charge in [0.25, 0.3) is 0 Å². The van der Waals surface area contributed by atoms with Gasteiger partial charge in [-0.2, -0.15) is 0 Å². The third kappa shape index (κ3) is 4.51. The van der Waals surface area contributed by atoms with E-state index in [1.165, 1.54) is 0 Å². The Morgan fingerprint density at radius 1 is 1.31 bits per heavy atom. The highest BCUT2D eigenvalue weighted by atomic mass is 35.5. The van der Waals surface area contributed by atoms with Gasteiger partial charge in [0.2, 0.25) is 10.0 Å². The van der Waals surface area contributed by atoms with Crippen molar-refractivity contribution in [2.45, 2.75) is 18.7 Å². The van der Waals surface area contributed by atoms with Crippen molar-refractivity contribution >= 4 is 21.6 Å². The van der Waals surface area contributed by atoms with Gasteiger partial charge in [-0.25, -0.2) is 13.1 Å². The van der Waals surface area contributed by atoms with Gasteiger partial charge in [-0.1, -0.05) is 37.3 Å². The molecule has 1 atom stereocenters. The van der Waals surface area contributed by atoms with Crippen LogP contribution in [0.5, 0.6) is 0 Å². The Morgan fingerprint density at radius 3 is 2.50 bits per heavy atom. The normalized spacial score (nSPS) is 13.6. The average Bonchev–Trinajstić information content (AvgIpc) is 2.27. The lowest BCUT2D eigenvalue weighted by Crippen LogP contribution is -2.29. The number of alkyl halides is 1. The predicted molar refractivity (Wildman–Crippen MR) is 67.1 cm³/mol. The molecule has 0 heterocycles. The molecule has 0 spiro atoms. The molecule has 16 heavy (non-hydrogen) atoms. The Balaban J connectivity index is 2.51. The Kier molecular flexibility index (Phi) is 5.25. The second kappa shape index (κ2) is 6.23. The van der Waals surface area contributed by atoms with Crippen LogP contribution in [-0.4, -0.2) is 20.7 Å². The molecular formula is C11H16ClNO2S. The Morgan fingerprint density at radius 2 is 1.94 bits per heavy atom. The molecule has 1 rings (SSSR count). The smallest absolute Gasteiger partial charge is 0.211 e. The highest BCUT2D eigenvalue weighted by Crippen LogP contribution is 2.18. The molecule has 1 unspecified atom stereocenters. The van der Waals surface area contributed by atoms with Gasteiger partial charge in [-0.3, -0.25) is 0 Å². The van der Waals surface area contributed by atoms with E-state index in [9.17, 15) is 8.42 Å². The molecule has 90 valence electrons. The van der Waals surface area contributed by atoms with Gasteiger partial charge >= 0.3 is 0 Å². The monoisotopic (exact) mass is 261 g/mol. The minimum Gasteiger partial charge on any atom is -0.213 e. The van der Waals surface area contributed by atoms with Crippen molar-refractivity contribution in [3.63, 3.8) is 0 Å². The molecule has 0 fully saturated rings. The van der Waals surface area contributed by atoms with E-state index in [0.717, 1.165) is 5.56 Å². The first-order valence-corrected chi connectivity index (χ1v) is 7.30. The van der Waals surface area contributed by atoms with E-state index >= 15 is 0 Å². The van der Waals surface area contributed by atoms with Crippen LogP contribution in [0.4, 0.5) is 0 Å². The van der Waals surface area contributed by atoms with Crippen LogP contribution in [0, 0.1) is 0 Å². The lowest BCUT2D eigenvalue weighted by atomic mass is 10.1. The average molecular weight is 262 g/mol. The van der Waals surface area contributed by atoms with Gasteiger partial charge in [-0.15, -0.1) is 11.6 Å². The van der Waals surface area contributed by atoms with Crippen molar-refractivity contribution in [1.82, 2.24) is 4.72 Å². The number of rotatable bonds is 6. The maximum absolute atomic E-state index is 11.4. The maximum Gasteiger partial charge on any atom is 0.211 e. The van der Waals surface area contributed by atoms with Crippen LogP contribution in [0.15, 0.2) is 30.3 Å². The minimum absolute atomic E-state index is 0.144. The van der Waals surface area contributed by atoms with Crippen LogP contribution in [-0.2, 0) is 10.0 Å². The minimum atomic E-state index is -3.17. The lowest BCUT2D eigenvalue weighted by molar-refractivity contribution is 0.579. The predicted octanol–water partition coefficient (Wildman–Crippen LogP) is 2.30. The van der Waals surface area contributed by atoms with Gasteiger partial charge in [-0.05, 0) is 12.0 Å². The van der Waals surface area contributed by atoms with E-state index in [4.69, 9.17) is 11.6 Å². The van der Waals surface area contributed by atoms with E-state index < -0.39 is 10.0 Å². The van der Waals surface area contributed by atoms with Gasteiger partial charge in [0.05, 0.1) is 11.1 Å². The first-order valence-electron chi connectivity index (χ1n) is 5.21. The largest absolute Gasteiger partial charge is 0.213 e. The molecule has 0 aliphatic rings. The Bertz CT molecular complexity index is 405. The number of benzene rings is 1. The van der Waals surface area contributed by atoms with Crippen molar-refractivity contribution in [2.24, 2.45) is 0 Å². The topological polar surface area (TPSA) is 46.2 Å². The number of hydrogen-bond donors (Lipinski definition) is 1. The van der Waals surface area contributed by atoms with Gasteiger partial charge < -0.3 is 0 Å². The molecule has 0 aromatic heterocycles. The summed E-state index contributed by atoms with van der Waals surface area (Å²) in [4.78, 5) is 0. The highest BCUT2D eigenvalue weighted by molar-refractivity contribution is 7.89. The fourth-order valence-electron chi connectivity index (χ4n) is 1.32. The zero-order chi connectivity index (χ0) is 12.0. The van der Waals surface area contributed by atoms with Crippen LogP contribution >= 0.6 is 11.6 Å². The van der Waals surface area contributed by atoms with Crippen molar-refractivity contribution in [3.05, 3.63) is 35.9 Å². The molecule has 0 bridgehead atoms. The van der Waals surface area contributed by atoms with Crippen LogP contribution in [0.25, 0.3) is 0 Å². The fraction of sp³-hybridized carbons (Fsp3) is 0.455. The molecule has 0 amide bonds. The van der Waals surface area contributed by atoms with Crippen molar-refractivity contribution in [3.8, 4) is 0 Å². The summed E-state index contributed by atoms with van der Waals surface area (Å²) in [5.74, 6) is 0.144.